The predicted octanol–water partition coefficient (Wildman–Crippen LogP) is 2.19. The molecule has 1 fully saturated rings. The molecule has 1 saturated carbocycles. The Morgan fingerprint density at radius 2 is 2.08 bits per heavy atom. The Labute approximate surface area is 80.1 Å². The van der Waals surface area contributed by atoms with Crippen molar-refractivity contribution in [3.63, 3.8) is 0 Å². The fourth-order valence-corrected chi connectivity index (χ4v) is 2.64. The molecule has 0 aromatic rings. The highest BCUT2D eigenvalue weighted by Gasteiger charge is 2.32. The Kier molecular flexibility index (Phi) is 2.84. The largest absolute Gasteiger partial charge is 0.334 e. The Hall–Kier alpha value is -0.730. The van der Waals surface area contributed by atoms with Crippen LogP contribution in [0.3, 0.4) is 0 Å². The van der Waals surface area contributed by atoms with Gasteiger partial charge in [-0.3, -0.25) is 0 Å². The molecular weight excluding hydrogens is 164 g/mol. The van der Waals surface area contributed by atoms with Gasteiger partial charge in [-0.25, -0.2) is 10.5 Å². The molecule has 0 heterocycles. The van der Waals surface area contributed by atoms with Gasteiger partial charge >= 0.3 is 6.03 Å². The first-order chi connectivity index (χ1) is 5.89. The van der Waals surface area contributed by atoms with Crippen LogP contribution in [0.2, 0.25) is 0 Å². The normalized spacial score (nSPS) is 32.5. The zero-order valence-corrected chi connectivity index (χ0v) is 8.68. The minimum Gasteiger partial charge on any atom is -0.334 e. The van der Waals surface area contributed by atoms with Gasteiger partial charge in [-0.05, 0) is 30.6 Å². The van der Waals surface area contributed by atoms with Crippen molar-refractivity contribution in [1.82, 2.24) is 11.1 Å². The number of carbonyl (C=O) groups is 1. The molecule has 3 nitrogen and oxygen atoms in total. The molecular formula is C10H19N2O. The average molecular weight is 183 g/mol. The highest BCUT2D eigenvalue weighted by Crippen LogP contribution is 2.38. The van der Waals surface area contributed by atoms with E-state index in [4.69, 9.17) is 5.73 Å². The number of carbonyl (C=O) groups excluding carboxylic acids is 1. The molecule has 2 unspecified atom stereocenters. The van der Waals surface area contributed by atoms with Crippen LogP contribution in [0.4, 0.5) is 4.79 Å². The maximum Gasteiger partial charge on any atom is 0.333 e. The van der Waals surface area contributed by atoms with Crippen LogP contribution in [-0.4, -0.2) is 12.1 Å². The highest BCUT2D eigenvalue weighted by atomic mass is 16.2. The van der Waals surface area contributed by atoms with Gasteiger partial charge in [0, 0.05) is 6.04 Å². The Morgan fingerprint density at radius 3 is 2.54 bits per heavy atom. The first-order valence-electron chi connectivity index (χ1n) is 4.91. The molecule has 3 heteroatoms. The van der Waals surface area contributed by atoms with Crippen LogP contribution in [0.5, 0.6) is 0 Å². The van der Waals surface area contributed by atoms with E-state index in [1.807, 2.05) is 0 Å². The third kappa shape index (κ3) is 3.25. The number of nitrogens with one attached hydrogen (secondary N) is 2. The van der Waals surface area contributed by atoms with Gasteiger partial charge in [0.1, 0.15) is 0 Å². The summed E-state index contributed by atoms with van der Waals surface area (Å²) in [6.07, 6.45) is 3.24. The molecule has 13 heavy (non-hydrogen) atoms. The molecule has 1 aliphatic carbocycles. The molecule has 0 aromatic carbocycles. The van der Waals surface area contributed by atoms with Crippen molar-refractivity contribution in [1.29, 1.82) is 0 Å². The van der Waals surface area contributed by atoms with E-state index in [2.05, 4.69) is 26.1 Å². The lowest BCUT2D eigenvalue weighted by molar-refractivity contribution is 0.153. The highest BCUT2D eigenvalue weighted by molar-refractivity contribution is 5.71. The Balaban J connectivity index is 2.52. The standard InChI is InChI=1S/C10H19N2O/c1-7-4-8(12-9(11)13)6-10(2,3)5-7/h7-8,11H,4-6H2,1-3H3,(H,12,13). The SMILES string of the molecule is CC1CC(NC([NH])=O)CC(C)(C)C1. The molecule has 75 valence electrons. The molecule has 0 bridgehead atoms. The van der Waals surface area contributed by atoms with E-state index in [0.29, 0.717) is 11.3 Å². The Morgan fingerprint density at radius 1 is 1.46 bits per heavy atom. The summed E-state index contributed by atoms with van der Waals surface area (Å²) >= 11 is 0. The van der Waals surface area contributed by atoms with Crippen molar-refractivity contribution in [2.75, 3.05) is 0 Å². The molecule has 2 N–H and O–H groups in total. The number of hydrogen-bond donors (Lipinski definition) is 1. The van der Waals surface area contributed by atoms with E-state index in [9.17, 15) is 4.79 Å². The monoisotopic (exact) mass is 183 g/mol. The molecule has 1 radical (unpaired) electrons. The molecule has 0 spiro atoms. The summed E-state index contributed by atoms with van der Waals surface area (Å²) in [5.41, 5.74) is 7.17. The lowest BCUT2D eigenvalue weighted by Gasteiger charge is -2.38. The number of hydrogen-bond acceptors (Lipinski definition) is 1. The summed E-state index contributed by atoms with van der Waals surface area (Å²) < 4.78 is 0. The number of amides is 2. The van der Waals surface area contributed by atoms with Gasteiger partial charge in [-0.2, -0.15) is 0 Å². The number of urea groups is 1. The summed E-state index contributed by atoms with van der Waals surface area (Å²) in [7, 11) is 0. The molecule has 2 atom stereocenters. The fraction of sp³-hybridized carbons (Fsp3) is 0.900. The molecule has 0 aromatic heterocycles. The predicted molar refractivity (Wildman–Crippen MR) is 52.2 cm³/mol. The molecule has 1 aliphatic rings. The third-order valence-corrected chi connectivity index (χ3v) is 2.72. The van der Waals surface area contributed by atoms with Crippen molar-refractivity contribution < 1.29 is 4.79 Å². The van der Waals surface area contributed by atoms with E-state index in [0.717, 1.165) is 12.8 Å². The van der Waals surface area contributed by atoms with Crippen LogP contribution in [0.1, 0.15) is 40.0 Å². The zero-order chi connectivity index (χ0) is 10.1. The summed E-state index contributed by atoms with van der Waals surface area (Å²) in [6, 6.07) is -0.432. The quantitative estimate of drug-likeness (QED) is 0.665. The minimum atomic E-state index is -0.644. The lowest BCUT2D eigenvalue weighted by atomic mass is 9.71. The van der Waals surface area contributed by atoms with Gasteiger partial charge in [0.2, 0.25) is 0 Å². The van der Waals surface area contributed by atoms with Crippen molar-refractivity contribution in [3.05, 3.63) is 0 Å². The van der Waals surface area contributed by atoms with Crippen LogP contribution in [0.25, 0.3) is 0 Å². The second kappa shape index (κ2) is 3.56. The summed E-state index contributed by atoms with van der Waals surface area (Å²) in [5, 5.41) is 2.70. The summed E-state index contributed by atoms with van der Waals surface area (Å²) in [4.78, 5) is 10.6. The van der Waals surface area contributed by atoms with Crippen molar-refractivity contribution in [3.8, 4) is 0 Å². The summed E-state index contributed by atoms with van der Waals surface area (Å²) in [6.45, 7) is 6.67. The van der Waals surface area contributed by atoms with Crippen molar-refractivity contribution in [2.24, 2.45) is 11.3 Å². The third-order valence-electron chi connectivity index (χ3n) is 2.72. The Bertz CT molecular complexity index is 201. The van der Waals surface area contributed by atoms with E-state index in [1.54, 1.807) is 0 Å². The molecule has 0 aliphatic heterocycles. The first kappa shape index (κ1) is 10.4. The van der Waals surface area contributed by atoms with Crippen LogP contribution in [0, 0.1) is 11.3 Å². The fourth-order valence-electron chi connectivity index (χ4n) is 2.64. The second-order valence-corrected chi connectivity index (χ2v) is 5.08. The molecule has 0 saturated heterocycles. The maximum atomic E-state index is 10.6. The van der Waals surface area contributed by atoms with Crippen LogP contribution in [-0.2, 0) is 0 Å². The molecule has 1 rings (SSSR count). The van der Waals surface area contributed by atoms with Crippen LogP contribution >= 0.6 is 0 Å². The van der Waals surface area contributed by atoms with Crippen LogP contribution in [0.15, 0.2) is 0 Å². The van der Waals surface area contributed by atoms with Gasteiger partial charge in [0.05, 0.1) is 0 Å². The van der Waals surface area contributed by atoms with Crippen molar-refractivity contribution in [2.45, 2.75) is 46.1 Å². The summed E-state index contributed by atoms with van der Waals surface area (Å²) in [5.74, 6) is 0.653. The topological polar surface area (TPSA) is 52.9 Å². The van der Waals surface area contributed by atoms with Gasteiger partial charge in [0.25, 0.3) is 0 Å². The second-order valence-electron chi connectivity index (χ2n) is 5.08. The van der Waals surface area contributed by atoms with Crippen molar-refractivity contribution >= 4 is 6.03 Å². The van der Waals surface area contributed by atoms with Gasteiger partial charge in [-0.15, -0.1) is 0 Å². The maximum absolute atomic E-state index is 10.6. The van der Waals surface area contributed by atoms with Gasteiger partial charge in [0.15, 0.2) is 0 Å². The van der Waals surface area contributed by atoms with Gasteiger partial charge < -0.3 is 5.32 Å². The van der Waals surface area contributed by atoms with Gasteiger partial charge in [-0.1, -0.05) is 20.8 Å². The van der Waals surface area contributed by atoms with E-state index in [1.165, 1.54) is 6.42 Å². The van der Waals surface area contributed by atoms with Crippen LogP contribution < -0.4 is 11.1 Å². The first-order valence-corrected chi connectivity index (χ1v) is 4.91. The number of rotatable bonds is 1. The average Bonchev–Trinajstić information content (AvgIpc) is 1.78. The van der Waals surface area contributed by atoms with E-state index < -0.39 is 6.03 Å². The zero-order valence-electron chi connectivity index (χ0n) is 8.68. The minimum absolute atomic E-state index is 0.212. The lowest BCUT2D eigenvalue weighted by Crippen LogP contribution is -2.42. The van der Waals surface area contributed by atoms with E-state index in [-0.39, 0.29) is 6.04 Å². The van der Waals surface area contributed by atoms with E-state index >= 15 is 0 Å². The molecule has 2 amide bonds. The smallest absolute Gasteiger partial charge is 0.333 e.